The van der Waals surface area contributed by atoms with Gasteiger partial charge in [-0.15, -0.1) is 11.6 Å². The van der Waals surface area contributed by atoms with Crippen molar-refractivity contribution in [1.29, 1.82) is 0 Å². The molecule has 0 aliphatic rings. The summed E-state index contributed by atoms with van der Waals surface area (Å²) in [5.41, 5.74) is -0.966. The number of carbonyl (C=O) groups is 1. The maximum Gasteiger partial charge on any atom is 0.310 e. The van der Waals surface area contributed by atoms with Crippen LogP contribution >= 0.6 is 11.6 Å². The Morgan fingerprint density at radius 3 is 2.72 bits per heavy atom. The Hall–Kier alpha value is -1.43. The van der Waals surface area contributed by atoms with Crippen molar-refractivity contribution in [1.82, 2.24) is 4.98 Å². The van der Waals surface area contributed by atoms with E-state index in [2.05, 4.69) is 0 Å². The molecule has 0 saturated heterocycles. The van der Waals surface area contributed by atoms with Gasteiger partial charge in [0.1, 0.15) is 0 Å². The van der Waals surface area contributed by atoms with Gasteiger partial charge in [-0.3, -0.25) is 9.59 Å². The number of alkyl halides is 3. The second-order valence-corrected chi connectivity index (χ2v) is 3.74. The van der Waals surface area contributed by atoms with E-state index in [9.17, 15) is 18.4 Å². The highest BCUT2D eigenvalue weighted by Crippen LogP contribution is 2.18. The van der Waals surface area contributed by atoms with Crippen LogP contribution in [0.15, 0.2) is 10.9 Å². The molecule has 1 heterocycles. The maximum atomic E-state index is 12.5. The topological polar surface area (TPSA) is 59.2 Å². The number of rotatable bonds is 5. The van der Waals surface area contributed by atoms with Gasteiger partial charge >= 0.3 is 5.97 Å². The second-order valence-electron chi connectivity index (χ2n) is 3.47. The molecule has 4 nitrogen and oxygen atoms in total. The van der Waals surface area contributed by atoms with E-state index >= 15 is 0 Å². The number of hydrogen-bond acceptors (Lipinski definition) is 3. The van der Waals surface area contributed by atoms with E-state index in [1.807, 2.05) is 4.98 Å². The lowest BCUT2D eigenvalue weighted by Crippen LogP contribution is -2.19. The molecule has 0 radical (unpaired) electrons. The van der Waals surface area contributed by atoms with Crippen molar-refractivity contribution < 1.29 is 18.3 Å². The van der Waals surface area contributed by atoms with Crippen molar-refractivity contribution in [2.75, 3.05) is 6.61 Å². The molecule has 1 rings (SSSR count). The number of hydrogen-bond donors (Lipinski definition) is 1. The normalized spacial score (nSPS) is 10.7. The Balaban J connectivity index is 3.14. The van der Waals surface area contributed by atoms with Gasteiger partial charge in [-0.25, -0.2) is 8.78 Å². The molecule has 0 atom stereocenters. The number of carbonyl (C=O) groups excluding carboxylic acids is 1. The van der Waals surface area contributed by atoms with Gasteiger partial charge in [0.25, 0.3) is 12.0 Å². The number of halogens is 3. The molecule has 0 fully saturated rings. The van der Waals surface area contributed by atoms with Crippen LogP contribution in [0.1, 0.15) is 30.2 Å². The summed E-state index contributed by atoms with van der Waals surface area (Å²) in [6.45, 7) is 1.81. The van der Waals surface area contributed by atoms with Crippen LogP contribution in [0.25, 0.3) is 0 Å². The third kappa shape index (κ3) is 3.53. The first-order valence-electron chi connectivity index (χ1n) is 5.24. The van der Waals surface area contributed by atoms with E-state index in [1.165, 1.54) is 0 Å². The zero-order chi connectivity index (χ0) is 13.7. The number of pyridine rings is 1. The van der Waals surface area contributed by atoms with Gasteiger partial charge in [0.05, 0.1) is 24.6 Å². The fraction of sp³-hybridized carbons (Fsp3) is 0.455. The highest BCUT2D eigenvalue weighted by atomic mass is 35.5. The summed E-state index contributed by atoms with van der Waals surface area (Å²) in [4.78, 5) is 24.8. The van der Waals surface area contributed by atoms with Gasteiger partial charge < -0.3 is 9.72 Å². The third-order valence-electron chi connectivity index (χ3n) is 2.26. The third-order valence-corrected chi connectivity index (χ3v) is 2.53. The number of aromatic nitrogens is 1. The van der Waals surface area contributed by atoms with Gasteiger partial charge in [0.2, 0.25) is 0 Å². The summed E-state index contributed by atoms with van der Waals surface area (Å²) < 4.78 is 29.8. The molecule has 1 aromatic heterocycles. The van der Waals surface area contributed by atoms with E-state index in [4.69, 9.17) is 16.3 Å². The fourth-order valence-corrected chi connectivity index (χ4v) is 1.75. The van der Waals surface area contributed by atoms with Crippen molar-refractivity contribution in [2.24, 2.45) is 0 Å². The second kappa shape index (κ2) is 6.49. The predicted octanol–water partition coefficient (Wildman–Crippen LogP) is 2.16. The average molecular weight is 280 g/mol. The Bertz CT molecular complexity index is 488. The lowest BCUT2D eigenvalue weighted by Gasteiger charge is -2.08. The molecule has 100 valence electrons. The van der Waals surface area contributed by atoms with Gasteiger partial charge in [0.15, 0.2) is 0 Å². The Kier molecular flexibility index (Phi) is 5.27. The molecule has 1 N–H and O–H groups in total. The van der Waals surface area contributed by atoms with E-state index in [0.717, 1.165) is 6.07 Å². The standard InChI is InChI=1S/C11H12ClF2NO3/c1-2-18-9(16)4-6-3-8(10(13)14)15-11(17)7(6)5-12/h3,10H,2,4-5H2,1H3,(H,15,17). The maximum absolute atomic E-state index is 12.5. The molecule has 0 spiro atoms. The zero-order valence-corrected chi connectivity index (χ0v) is 10.4. The molecule has 0 bridgehead atoms. The predicted molar refractivity (Wildman–Crippen MR) is 61.9 cm³/mol. The van der Waals surface area contributed by atoms with E-state index < -0.39 is 23.6 Å². The first kappa shape index (κ1) is 14.6. The van der Waals surface area contributed by atoms with Crippen molar-refractivity contribution in [3.05, 3.63) is 33.2 Å². The minimum atomic E-state index is -2.82. The van der Waals surface area contributed by atoms with Crippen LogP contribution in [-0.4, -0.2) is 17.6 Å². The van der Waals surface area contributed by atoms with E-state index in [0.29, 0.717) is 0 Å². The van der Waals surface area contributed by atoms with Crippen LogP contribution in [0.5, 0.6) is 0 Å². The van der Waals surface area contributed by atoms with Crippen molar-refractivity contribution in [2.45, 2.75) is 25.7 Å². The van der Waals surface area contributed by atoms with Crippen LogP contribution in [-0.2, 0) is 21.8 Å². The molecule has 0 saturated carbocycles. The summed E-state index contributed by atoms with van der Waals surface area (Å²) in [6, 6.07) is 1.07. The number of H-pyrrole nitrogens is 1. The summed E-state index contributed by atoms with van der Waals surface area (Å²) in [7, 11) is 0. The number of nitrogens with one attached hydrogen (secondary N) is 1. The zero-order valence-electron chi connectivity index (χ0n) is 9.63. The first-order valence-corrected chi connectivity index (χ1v) is 5.77. The Morgan fingerprint density at radius 1 is 1.56 bits per heavy atom. The van der Waals surface area contributed by atoms with Crippen molar-refractivity contribution >= 4 is 17.6 Å². The average Bonchev–Trinajstić information content (AvgIpc) is 2.28. The van der Waals surface area contributed by atoms with Gasteiger partial charge in [-0.1, -0.05) is 0 Å². The lowest BCUT2D eigenvalue weighted by atomic mass is 10.1. The summed E-state index contributed by atoms with van der Waals surface area (Å²) in [5, 5.41) is 0. The highest BCUT2D eigenvalue weighted by Gasteiger charge is 2.16. The molecule has 18 heavy (non-hydrogen) atoms. The van der Waals surface area contributed by atoms with Crippen LogP contribution in [0, 0.1) is 0 Å². The molecule has 7 heteroatoms. The van der Waals surface area contributed by atoms with Crippen LogP contribution in [0.4, 0.5) is 8.78 Å². The number of esters is 1. The lowest BCUT2D eigenvalue weighted by molar-refractivity contribution is -0.142. The van der Waals surface area contributed by atoms with Crippen LogP contribution < -0.4 is 5.56 Å². The minimum absolute atomic E-state index is 0.106. The molecular formula is C11H12ClF2NO3. The SMILES string of the molecule is CCOC(=O)Cc1cc(C(F)F)[nH]c(=O)c1CCl. The van der Waals surface area contributed by atoms with Gasteiger partial charge in [-0.05, 0) is 18.6 Å². The molecule has 0 unspecified atom stereocenters. The van der Waals surface area contributed by atoms with E-state index in [-0.39, 0.29) is 30.0 Å². The Labute approximate surface area is 107 Å². The molecular weight excluding hydrogens is 268 g/mol. The largest absolute Gasteiger partial charge is 0.466 e. The van der Waals surface area contributed by atoms with Gasteiger partial charge in [0, 0.05) is 5.56 Å². The van der Waals surface area contributed by atoms with Gasteiger partial charge in [-0.2, -0.15) is 0 Å². The number of aromatic amines is 1. The van der Waals surface area contributed by atoms with Crippen LogP contribution in [0.3, 0.4) is 0 Å². The molecule has 1 aromatic rings. The minimum Gasteiger partial charge on any atom is -0.466 e. The quantitative estimate of drug-likeness (QED) is 0.664. The molecule has 0 aromatic carbocycles. The monoisotopic (exact) mass is 279 g/mol. The summed E-state index contributed by atoms with van der Waals surface area (Å²) >= 11 is 5.57. The summed E-state index contributed by atoms with van der Waals surface area (Å²) in [6.07, 6.45) is -3.07. The molecule has 0 amide bonds. The summed E-state index contributed by atoms with van der Waals surface area (Å²) in [5.74, 6) is -0.747. The van der Waals surface area contributed by atoms with Crippen LogP contribution in [0.2, 0.25) is 0 Å². The fourth-order valence-electron chi connectivity index (χ4n) is 1.45. The first-order chi connectivity index (χ1) is 8.49. The van der Waals surface area contributed by atoms with Crippen molar-refractivity contribution in [3.63, 3.8) is 0 Å². The smallest absolute Gasteiger partial charge is 0.310 e. The number of ether oxygens (including phenoxy) is 1. The molecule has 0 aliphatic carbocycles. The van der Waals surface area contributed by atoms with Crippen molar-refractivity contribution in [3.8, 4) is 0 Å². The highest BCUT2D eigenvalue weighted by molar-refractivity contribution is 6.17. The molecule has 0 aliphatic heterocycles. The Morgan fingerprint density at radius 2 is 2.22 bits per heavy atom. The van der Waals surface area contributed by atoms with E-state index in [1.54, 1.807) is 6.92 Å².